The van der Waals surface area contributed by atoms with E-state index in [1.165, 1.54) is 11.1 Å². The fourth-order valence-corrected chi connectivity index (χ4v) is 3.52. The quantitative estimate of drug-likeness (QED) is 0.443. The van der Waals surface area contributed by atoms with Crippen molar-refractivity contribution < 1.29 is 9.53 Å². The van der Waals surface area contributed by atoms with Crippen molar-refractivity contribution in [2.24, 2.45) is 0 Å². The summed E-state index contributed by atoms with van der Waals surface area (Å²) in [4.78, 5) is 14.4. The first-order chi connectivity index (χ1) is 15.7. The van der Waals surface area contributed by atoms with Crippen LogP contribution in [0.15, 0.2) is 78.9 Å². The first kappa shape index (κ1) is 23.4. The minimum Gasteiger partial charge on any atom is -0.487 e. The second-order valence-corrected chi connectivity index (χ2v) is 7.73. The summed E-state index contributed by atoms with van der Waals surface area (Å²) in [6.07, 6.45) is 1.95. The molecule has 0 saturated carbocycles. The normalized spacial score (nSPS) is 10.7. The van der Waals surface area contributed by atoms with Gasteiger partial charge >= 0.3 is 6.03 Å². The largest absolute Gasteiger partial charge is 0.487 e. The molecule has 0 spiro atoms. The SMILES string of the molecule is CCN(CCc1ccccc1)CCc1ccc(OCc2ccccc2)c(NC(=O)NC)c1. The highest BCUT2D eigenvalue weighted by molar-refractivity contribution is 5.90. The fraction of sp³-hybridized carbons (Fsp3) is 0.296. The summed E-state index contributed by atoms with van der Waals surface area (Å²) >= 11 is 0. The Morgan fingerprint density at radius 1 is 0.844 bits per heavy atom. The van der Waals surface area contributed by atoms with E-state index in [4.69, 9.17) is 4.74 Å². The molecule has 168 valence electrons. The van der Waals surface area contributed by atoms with Crippen molar-refractivity contribution in [3.63, 3.8) is 0 Å². The third-order valence-electron chi connectivity index (χ3n) is 5.48. The van der Waals surface area contributed by atoms with Gasteiger partial charge in [-0.25, -0.2) is 4.79 Å². The zero-order valence-corrected chi connectivity index (χ0v) is 19.0. The number of hydrogen-bond acceptors (Lipinski definition) is 3. The molecule has 3 aromatic rings. The number of carbonyl (C=O) groups is 1. The average molecular weight is 432 g/mol. The van der Waals surface area contributed by atoms with Crippen molar-refractivity contribution in [1.82, 2.24) is 10.2 Å². The van der Waals surface area contributed by atoms with Gasteiger partial charge < -0.3 is 20.3 Å². The molecule has 2 amide bonds. The summed E-state index contributed by atoms with van der Waals surface area (Å²) in [6.45, 7) is 5.65. The maximum Gasteiger partial charge on any atom is 0.319 e. The molecule has 5 nitrogen and oxygen atoms in total. The van der Waals surface area contributed by atoms with E-state index >= 15 is 0 Å². The lowest BCUT2D eigenvalue weighted by molar-refractivity contribution is 0.253. The molecule has 0 saturated heterocycles. The molecule has 0 aliphatic carbocycles. The van der Waals surface area contributed by atoms with Gasteiger partial charge in [-0.05, 0) is 48.2 Å². The number of urea groups is 1. The predicted molar refractivity (Wildman–Crippen MR) is 131 cm³/mol. The number of carbonyl (C=O) groups excluding carboxylic acids is 1. The third kappa shape index (κ3) is 7.43. The van der Waals surface area contributed by atoms with Gasteiger partial charge in [0.15, 0.2) is 0 Å². The molecule has 0 radical (unpaired) electrons. The number of nitrogens with one attached hydrogen (secondary N) is 2. The number of hydrogen-bond donors (Lipinski definition) is 2. The van der Waals surface area contributed by atoms with E-state index < -0.39 is 0 Å². The number of anilines is 1. The standard InChI is InChI=1S/C27H33N3O2/c1-3-30(18-16-22-10-6-4-7-11-22)19-17-23-14-15-26(25(20-23)29-27(31)28-2)32-21-24-12-8-5-9-13-24/h4-15,20H,3,16-19,21H2,1-2H3,(H2,28,29,31). The number of ether oxygens (including phenoxy) is 1. The molecule has 0 bridgehead atoms. The van der Waals surface area contributed by atoms with Crippen molar-refractivity contribution in [2.75, 3.05) is 32.0 Å². The highest BCUT2D eigenvalue weighted by atomic mass is 16.5. The van der Waals surface area contributed by atoms with Gasteiger partial charge in [0, 0.05) is 20.1 Å². The van der Waals surface area contributed by atoms with E-state index in [1.807, 2.05) is 42.5 Å². The maximum atomic E-state index is 12.0. The molecule has 0 fully saturated rings. The Morgan fingerprint density at radius 3 is 2.09 bits per heavy atom. The molecule has 32 heavy (non-hydrogen) atoms. The number of nitrogens with zero attached hydrogens (tertiary/aromatic N) is 1. The fourth-order valence-electron chi connectivity index (χ4n) is 3.52. The lowest BCUT2D eigenvalue weighted by atomic mass is 10.1. The van der Waals surface area contributed by atoms with Crippen LogP contribution >= 0.6 is 0 Å². The minimum atomic E-state index is -0.259. The predicted octanol–water partition coefficient (Wildman–Crippen LogP) is 5.12. The van der Waals surface area contributed by atoms with Crippen LogP contribution < -0.4 is 15.4 Å². The third-order valence-corrected chi connectivity index (χ3v) is 5.48. The lowest BCUT2D eigenvalue weighted by Crippen LogP contribution is -2.28. The van der Waals surface area contributed by atoms with E-state index in [-0.39, 0.29) is 6.03 Å². The van der Waals surface area contributed by atoms with Gasteiger partial charge in [-0.2, -0.15) is 0 Å². The van der Waals surface area contributed by atoms with Crippen LogP contribution in [0, 0.1) is 0 Å². The van der Waals surface area contributed by atoms with Crippen LogP contribution in [-0.2, 0) is 19.4 Å². The molecule has 0 aromatic heterocycles. The molecule has 0 atom stereocenters. The van der Waals surface area contributed by atoms with E-state index in [1.54, 1.807) is 7.05 Å². The first-order valence-corrected chi connectivity index (χ1v) is 11.2. The summed E-state index contributed by atoms with van der Waals surface area (Å²) in [7, 11) is 1.61. The summed E-state index contributed by atoms with van der Waals surface area (Å²) in [5.41, 5.74) is 4.30. The van der Waals surface area contributed by atoms with Crippen LogP contribution in [0.4, 0.5) is 10.5 Å². The summed E-state index contributed by atoms with van der Waals surface area (Å²) < 4.78 is 6.00. The van der Waals surface area contributed by atoms with Gasteiger partial charge in [0.2, 0.25) is 0 Å². The van der Waals surface area contributed by atoms with Crippen LogP contribution in [0.25, 0.3) is 0 Å². The van der Waals surface area contributed by atoms with Gasteiger partial charge in [0.1, 0.15) is 12.4 Å². The smallest absolute Gasteiger partial charge is 0.319 e. The van der Waals surface area contributed by atoms with Gasteiger partial charge in [-0.15, -0.1) is 0 Å². The topological polar surface area (TPSA) is 53.6 Å². The highest BCUT2D eigenvalue weighted by Gasteiger charge is 2.10. The molecular weight excluding hydrogens is 398 g/mol. The van der Waals surface area contributed by atoms with Crippen molar-refractivity contribution in [3.8, 4) is 5.75 Å². The Labute approximate surface area is 191 Å². The zero-order chi connectivity index (χ0) is 22.6. The molecule has 3 rings (SSSR count). The number of benzene rings is 3. The van der Waals surface area contributed by atoms with E-state index in [0.717, 1.165) is 38.0 Å². The van der Waals surface area contributed by atoms with Crippen LogP contribution in [-0.4, -0.2) is 37.6 Å². The Morgan fingerprint density at radius 2 is 1.47 bits per heavy atom. The van der Waals surface area contributed by atoms with E-state index in [0.29, 0.717) is 18.0 Å². The van der Waals surface area contributed by atoms with Gasteiger partial charge in [0.25, 0.3) is 0 Å². The van der Waals surface area contributed by atoms with Crippen LogP contribution in [0.3, 0.4) is 0 Å². The second kappa shape index (κ2) is 12.5. The summed E-state index contributed by atoms with van der Waals surface area (Å²) in [5, 5.41) is 5.51. The lowest BCUT2D eigenvalue weighted by Gasteiger charge is -2.21. The van der Waals surface area contributed by atoms with Gasteiger partial charge in [-0.1, -0.05) is 73.7 Å². The van der Waals surface area contributed by atoms with Crippen LogP contribution in [0.5, 0.6) is 5.75 Å². The molecule has 0 aliphatic rings. The molecule has 0 unspecified atom stereocenters. The first-order valence-electron chi connectivity index (χ1n) is 11.2. The second-order valence-electron chi connectivity index (χ2n) is 7.73. The van der Waals surface area contributed by atoms with E-state index in [9.17, 15) is 4.79 Å². The molecule has 3 aromatic carbocycles. The van der Waals surface area contributed by atoms with Crippen molar-refractivity contribution in [2.45, 2.75) is 26.4 Å². The monoisotopic (exact) mass is 431 g/mol. The van der Waals surface area contributed by atoms with Crippen molar-refractivity contribution >= 4 is 11.7 Å². The zero-order valence-electron chi connectivity index (χ0n) is 19.0. The maximum absolute atomic E-state index is 12.0. The Kier molecular flexibility index (Phi) is 9.14. The Hall–Kier alpha value is -3.31. The summed E-state index contributed by atoms with van der Waals surface area (Å²) in [6, 6.07) is 26.4. The molecule has 2 N–H and O–H groups in total. The number of rotatable bonds is 11. The van der Waals surface area contributed by atoms with Crippen LogP contribution in [0.2, 0.25) is 0 Å². The van der Waals surface area contributed by atoms with Crippen LogP contribution in [0.1, 0.15) is 23.6 Å². The molecule has 0 heterocycles. The number of amides is 2. The van der Waals surface area contributed by atoms with Gasteiger partial charge in [-0.3, -0.25) is 0 Å². The van der Waals surface area contributed by atoms with E-state index in [2.05, 4.69) is 58.9 Å². The minimum absolute atomic E-state index is 0.259. The number of likely N-dealkylation sites (N-methyl/N-ethyl adjacent to an activating group) is 1. The highest BCUT2D eigenvalue weighted by Crippen LogP contribution is 2.27. The Balaban J connectivity index is 1.62. The average Bonchev–Trinajstić information content (AvgIpc) is 2.84. The summed E-state index contributed by atoms with van der Waals surface area (Å²) in [5.74, 6) is 0.664. The van der Waals surface area contributed by atoms with Crippen molar-refractivity contribution in [1.29, 1.82) is 0 Å². The molecule has 0 aliphatic heterocycles. The Bertz CT molecular complexity index is 961. The van der Waals surface area contributed by atoms with Gasteiger partial charge in [0.05, 0.1) is 5.69 Å². The molecule has 5 heteroatoms. The van der Waals surface area contributed by atoms with Crippen molar-refractivity contribution in [3.05, 3.63) is 95.6 Å². The molecular formula is C27H33N3O2.